The summed E-state index contributed by atoms with van der Waals surface area (Å²) in [5.41, 5.74) is 0.354. The Morgan fingerprint density at radius 1 is 0.816 bits per heavy atom. The summed E-state index contributed by atoms with van der Waals surface area (Å²) in [5.74, 6) is -3.43. The van der Waals surface area contributed by atoms with Crippen LogP contribution in [-0.4, -0.2) is 36.6 Å². The van der Waals surface area contributed by atoms with E-state index in [2.05, 4.69) is 0 Å². The SMILES string of the molecule is CCOc1ccc(C2/C(=C(/O)c3ccc(OCC)cc3OCC)C(=O)C(=O)N2c2ccc(F)c(F)c2)cc1. The number of Topliss-reactive ketones (excluding diaryl/α,β-unsaturated/α-hetero) is 1. The highest BCUT2D eigenvalue weighted by molar-refractivity contribution is 6.51. The zero-order chi connectivity index (χ0) is 27.4. The van der Waals surface area contributed by atoms with Crippen LogP contribution in [-0.2, 0) is 9.59 Å². The summed E-state index contributed by atoms with van der Waals surface area (Å²) in [5, 5.41) is 11.5. The van der Waals surface area contributed by atoms with Crippen molar-refractivity contribution in [2.75, 3.05) is 24.7 Å². The molecule has 0 bridgehead atoms. The fourth-order valence-corrected chi connectivity index (χ4v) is 4.34. The van der Waals surface area contributed by atoms with Crippen LogP contribution in [0.25, 0.3) is 5.76 Å². The molecule has 1 heterocycles. The first-order valence-corrected chi connectivity index (χ1v) is 12.2. The van der Waals surface area contributed by atoms with Crippen LogP contribution in [0.4, 0.5) is 14.5 Å². The highest BCUT2D eigenvalue weighted by Crippen LogP contribution is 2.44. The van der Waals surface area contributed by atoms with Gasteiger partial charge in [0.05, 0.1) is 37.0 Å². The van der Waals surface area contributed by atoms with Crippen LogP contribution in [0.3, 0.4) is 0 Å². The molecule has 1 atom stereocenters. The van der Waals surface area contributed by atoms with Gasteiger partial charge in [0.15, 0.2) is 11.6 Å². The van der Waals surface area contributed by atoms with Gasteiger partial charge in [0, 0.05) is 17.8 Å². The maximum Gasteiger partial charge on any atom is 0.300 e. The molecule has 9 heteroatoms. The number of halogens is 2. The lowest BCUT2D eigenvalue weighted by Gasteiger charge is -2.26. The maximum absolute atomic E-state index is 14.2. The number of nitrogens with zero attached hydrogens (tertiary/aromatic N) is 1. The van der Waals surface area contributed by atoms with E-state index in [-0.39, 0.29) is 29.2 Å². The fourth-order valence-electron chi connectivity index (χ4n) is 4.34. The molecule has 4 rings (SSSR count). The Hall–Kier alpha value is -4.40. The number of aliphatic hydroxyl groups excluding tert-OH is 1. The van der Waals surface area contributed by atoms with Crippen LogP contribution in [0.5, 0.6) is 17.2 Å². The van der Waals surface area contributed by atoms with E-state index in [0.717, 1.165) is 17.0 Å². The number of hydrogen-bond acceptors (Lipinski definition) is 6. The molecule has 1 aliphatic heterocycles. The number of amides is 1. The van der Waals surface area contributed by atoms with Crippen molar-refractivity contribution in [3.63, 3.8) is 0 Å². The zero-order valence-electron chi connectivity index (χ0n) is 21.2. The minimum Gasteiger partial charge on any atom is -0.507 e. The van der Waals surface area contributed by atoms with Gasteiger partial charge in [0.25, 0.3) is 11.7 Å². The Labute approximate surface area is 218 Å². The maximum atomic E-state index is 14.2. The third-order valence-electron chi connectivity index (χ3n) is 5.95. The minimum absolute atomic E-state index is 0.0411. The molecule has 0 aliphatic carbocycles. The highest BCUT2D eigenvalue weighted by Gasteiger charge is 2.47. The smallest absolute Gasteiger partial charge is 0.300 e. The number of rotatable bonds is 9. The van der Waals surface area contributed by atoms with Crippen molar-refractivity contribution in [3.05, 3.63) is 89.0 Å². The average molecular weight is 524 g/mol. The first-order chi connectivity index (χ1) is 18.3. The summed E-state index contributed by atoms with van der Waals surface area (Å²) in [7, 11) is 0. The molecule has 1 N–H and O–H groups in total. The number of ketones is 1. The Bertz CT molecular complexity index is 1390. The number of carbonyl (C=O) groups is 2. The minimum atomic E-state index is -1.18. The van der Waals surface area contributed by atoms with E-state index in [9.17, 15) is 23.5 Å². The molecular formula is C29H27F2NO6. The van der Waals surface area contributed by atoms with Crippen molar-refractivity contribution in [2.45, 2.75) is 26.8 Å². The molecular weight excluding hydrogens is 496 g/mol. The molecule has 0 aromatic heterocycles. The second-order valence-electron chi connectivity index (χ2n) is 8.29. The molecule has 1 fully saturated rings. The van der Waals surface area contributed by atoms with Gasteiger partial charge in [0.1, 0.15) is 23.0 Å². The third-order valence-corrected chi connectivity index (χ3v) is 5.95. The van der Waals surface area contributed by atoms with Gasteiger partial charge in [-0.3, -0.25) is 14.5 Å². The summed E-state index contributed by atoms with van der Waals surface area (Å²) in [6.45, 7) is 6.53. The zero-order valence-corrected chi connectivity index (χ0v) is 21.2. The molecule has 1 aliphatic rings. The summed E-state index contributed by atoms with van der Waals surface area (Å²) < 4.78 is 44.6. The van der Waals surface area contributed by atoms with Crippen molar-refractivity contribution in [1.82, 2.24) is 0 Å². The first kappa shape index (κ1) is 26.7. The van der Waals surface area contributed by atoms with Crippen LogP contribution in [0, 0.1) is 11.6 Å². The number of carbonyl (C=O) groups excluding carboxylic acids is 2. The quantitative estimate of drug-likeness (QED) is 0.217. The number of benzene rings is 3. The van der Waals surface area contributed by atoms with Crippen LogP contribution < -0.4 is 19.1 Å². The predicted molar refractivity (Wildman–Crippen MR) is 138 cm³/mol. The standard InChI is InChI=1S/C29H27F2NO6/c1-4-36-19-10-7-17(8-11-19)26-25(27(33)21-13-12-20(37-5-2)16-24(21)38-6-3)28(34)29(35)32(26)18-9-14-22(30)23(31)15-18/h7-16,26,33H,4-6H2,1-3H3/b27-25-. The lowest BCUT2D eigenvalue weighted by Crippen LogP contribution is -2.29. The van der Waals surface area contributed by atoms with Crippen molar-refractivity contribution >= 4 is 23.1 Å². The number of aliphatic hydroxyl groups is 1. The van der Waals surface area contributed by atoms with E-state index in [1.54, 1.807) is 43.3 Å². The summed E-state index contributed by atoms with van der Waals surface area (Å²) >= 11 is 0. The van der Waals surface area contributed by atoms with Gasteiger partial charge in [0.2, 0.25) is 0 Å². The van der Waals surface area contributed by atoms with Crippen LogP contribution in [0.1, 0.15) is 37.9 Å². The Kier molecular flexibility index (Phi) is 7.95. The lowest BCUT2D eigenvalue weighted by atomic mass is 9.94. The largest absolute Gasteiger partial charge is 0.507 e. The Morgan fingerprint density at radius 3 is 2.08 bits per heavy atom. The molecule has 0 radical (unpaired) electrons. The molecule has 0 saturated carbocycles. The molecule has 7 nitrogen and oxygen atoms in total. The van der Waals surface area contributed by atoms with Crippen LogP contribution >= 0.6 is 0 Å². The molecule has 1 unspecified atom stereocenters. The van der Waals surface area contributed by atoms with E-state index >= 15 is 0 Å². The molecule has 3 aromatic carbocycles. The summed E-state index contributed by atoms with van der Waals surface area (Å²) in [6, 6.07) is 13.1. The average Bonchev–Trinajstić information content (AvgIpc) is 3.17. The van der Waals surface area contributed by atoms with Gasteiger partial charge >= 0.3 is 0 Å². The van der Waals surface area contributed by atoms with Gasteiger partial charge < -0.3 is 19.3 Å². The van der Waals surface area contributed by atoms with E-state index in [0.29, 0.717) is 30.3 Å². The topological polar surface area (TPSA) is 85.3 Å². The summed E-state index contributed by atoms with van der Waals surface area (Å²) in [4.78, 5) is 27.7. The van der Waals surface area contributed by atoms with E-state index in [4.69, 9.17) is 14.2 Å². The molecule has 0 spiro atoms. The normalized spacial score (nSPS) is 16.6. The highest BCUT2D eigenvalue weighted by atomic mass is 19.2. The predicted octanol–water partition coefficient (Wildman–Crippen LogP) is 5.79. The summed E-state index contributed by atoms with van der Waals surface area (Å²) in [6.07, 6.45) is 0. The van der Waals surface area contributed by atoms with Gasteiger partial charge in [-0.2, -0.15) is 0 Å². The van der Waals surface area contributed by atoms with Gasteiger partial charge in [-0.25, -0.2) is 8.78 Å². The van der Waals surface area contributed by atoms with E-state index in [1.807, 2.05) is 13.8 Å². The second-order valence-corrected chi connectivity index (χ2v) is 8.29. The van der Waals surface area contributed by atoms with Crippen molar-refractivity contribution < 1.29 is 37.7 Å². The Balaban J connectivity index is 1.93. The van der Waals surface area contributed by atoms with Crippen LogP contribution in [0.2, 0.25) is 0 Å². The van der Waals surface area contributed by atoms with Crippen molar-refractivity contribution in [2.24, 2.45) is 0 Å². The second kappa shape index (κ2) is 11.3. The van der Waals surface area contributed by atoms with Crippen molar-refractivity contribution in [1.29, 1.82) is 0 Å². The third kappa shape index (κ3) is 5.04. The fraction of sp³-hybridized carbons (Fsp3) is 0.241. The van der Waals surface area contributed by atoms with Gasteiger partial charge in [-0.05, 0) is 62.7 Å². The molecule has 38 heavy (non-hydrogen) atoms. The molecule has 1 amide bonds. The van der Waals surface area contributed by atoms with E-state index < -0.39 is 35.1 Å². The molecule has 1 saturated heterocycles. The van der Waals surface area contributed by atoms with Gasteiger partial charge in [-0.1, -0.05) is 12.1 Å². The van der Waals surface area contributed by atoms with Crippen LogP contribution in [0.15, 0.2) is 66.2 Å². The Morgan fingerprint density at radius 2 is 1.45 bits per heavy atom. The first-order valence-electron chi connectivity index (χ1n) is 12.2. The monoisotopic (exact) mass is 523 g/mol. The number of hydrogen-bond donors (Lipinski definition) is 1. The van der Waals surface area contributed by atoms with E-state index in [1.165, 1.54) is 12.1 Å². The lowest BCUT2D eigenvalue weighted by molar-refractivity contribution is -0.132. The molecule has 198 valence electrons. The number of ether oxygens (including phenoxy) is 3. The van der Waals surface area contributed by atoms with Gasteiger partial charge in [-0.15, -0.1) is 0 Å². The van der Waals surface area contributed by atoms with Crippen molar-refractivity contribution in [3.8, 4) is 17.2 Å². The molecule has 3 aromatic rings. The number of anilines is 1.